The normalized spacial score (nSPS) is 9.93. The van der Waals surface area contributed by atoms with E-state index in [4.69, 9.17) is 11.6 Å². The minimum Gasteiger partial charge on any atom is -0.321 e. The van der Waals surface area contributed by atoms with Crippen molar-refractivity contribution in [2.24, 2.45) is 0 Å². The Bertz CT molecular complexity index is 472. The summed E-state index contributed by atoms with van der Waals surface area (Å²) >= 11 is 6.77. The lowest BCUT2D eigenvalue weighted by molar-refractivity contribution is 0.102. The van der Waals surface area contributed by atoms with Crippen LogP contribution in [0.4, 0.5) is 5.69 Å². The maximum Gasteiger partial charge on any atom is 0.277 e. The quantitative estimate of drug-likeness (QED) is 0.876. The van der Waals surface area contributed by atoms with E-state index in [1.54, 1.807) is 24.3 Å². The van der Waals surface area contributed by atoms with Crippen molar-refractivity contribution in [2.75, 3.05) is 5.32 Å². The smallest absolute Gasteiger partial charge is 0.277 e. The summed E-state index contributed by atoms with van der Waals surface area (Å²) in [6.07, 6.45) is 1.42. The van der Waals surface area contributed by atoms with Crippen molar-refractivity contribution in [2.45, 2.75) is 0 Å². The molecule has 15 heavy (non-hydrogen) atoms. The summed E-state index contributed by atoms with van der Waals surface area (Å²) in [6, 6.07) is 6.92. The second kappa shape index (κ2) is 4.37. The van der Waals surface area contributed by atoms with Gasteiger partial charge >= 0.3 is 0 Å². The Hall–Kier alpha value is -1.46. The molecule has 6 heteroatoms. The summed E-state index contributed by atoms with van der Waals surface area (Å²) in [5.74, 6) is -0.286. The number of amides is 1. The highest BCUT2D eigenvalue weighted by Gasteiger charge is 2.08. The molecule has 0 saturated carbocycles. The van der Waals surface area contributed by atoms with Gasteiger partial charge in [0, 0.05) is 10.7 Å². The summed E-state index contributed by atoms with van der Waals surface area (Å²) in [5, 5.41) is 3.24. The molecule has 0 saturated heterocycles. The number of nitrogens with one attached hydrogen (secondary N) is 1. The van der Waals surface area contributed by atoms with Crippen molar-refractivity contribution in [1.29, 1.82) is 0 Å². The molecule has 2 rings (SSSR count). The van der Waals surface area contributed by atoms with Gasteiger partial charge in [-0.2, -0.15) is 8.75 Å². The summed E-state index contributed by atoms with van der Waals surface area (Å²) < 4.78 is 7.57. The maximum atomic E-state index is 11.5. The molecule has 76 valence electrons. The van der Waals surface area contributed by atoms with Gasteiger partial charge < -0.3 is 5.32 Å². The maximum absolute atomic E-state index is 11.5. The summed E-state index contributed by atoms with van der Waals surface area (Å²) in [7, 11) is 0. The lowest BCUT2D eigenvalue weighted by Crippen LogP contribution is -2.11. The number of hydrogen-bond acceptors (Lipinski definition) is 4. The molecule has 0 bridgehead atoms. The van der Waals surface area contributed by atoms with Gasteiger partial charge in [-0.1, -0.05) is 17.7 Å². The fourth-order valence-electron chi connectivity index (χ4n) is 1.03. The summed E-state index contributed by atoms with van der Waals surface area (Å²) in [5.41, 5.74) is 0.945. The molecule has 0 spiro atoms. The van der Waals surface area contributed by atoms with Gasteiger partial charge in [0.15, 0.2) is 5.69 Å². The molecule has 1 heterocycles. The first kappa shape index (κ1) is 10.1. The molecule has 0 atom stereocenters. The van der Waals surface area contributed by atoms with Crippen LogP contribution in [-0.4, -0.2) is 14.7 Å². The van der Waals surface area contributed by atoms with E-state index in [2.05, 4.69) is 14.1 Å². The first-order valence-electron chi connectivity index (χ1n) is 4.10. The van der Waals surface area contributed by atoms with Crippen molar-refractivity contribution in [3.8, 4) is 0 Å². The van der Waals surface area contributed by atoms with Crippen LogP contribution >= 0.6 is 23.3 Å². The summed E-state index contributed by atoms with van der Waals surface area (Å²) in [6.45, 7) is 0. The van der Waals surface area contributed by atoms with Crippen molar-refractivity contribution in [3.63, 3.8) is 0 Å². The molecule has 0 radical (unpaired) electrons. The molecule has 0 unspecified atom stereocenters. The molecule has 0 aliphatic rings. The van der Waals surface area contributed by atoms with Gasteiger partial charge in [0.1, 0.15) is 0 Å². The zero-order chi connectivity index (χ0) is 10.7. The number of anilines is 1. The number of nitrogens with zero attached hydrogens (tertiary/aromatic N) is 2. The van der Waals surface area contributed by atoms with E-state index >= 15 is 0 Å². The fraction of sp³-hybridized carbons (Fsp3) is 0. The molecule has 0 fully saturated rings. The van der Waals surface area contributed by atoms with Crippen LogP contribution in [0.3, 0.4) is 0 Å². The molecule has 0 aliphatic heterocycles. The molecule has 1 N–H and O–H groups in total. The number of rotatable bonds is 2. The van der Waals surface area contributed by atoms with Gasteiger partial charge in [-0.3, -0.25) is 4.79 Å². The second-order valence-electron chi connectivity index (χ2n) is 2.76. The lowest BCUT2D eigenvalue weighted by atomic mass is 10.3. The Balaban J connectivity index is 2.13. The number of hydrogen-bond donors (Lipinski definition) is 1. The molecular formula is C9H6ClN3OS. The van der Waals surface area contributed by atoms with Crippen LogP contribution in [0.25, 0.3) is 0 Å². The predicted octanol–water partition coefficient (Wildman–Crippen LogP) is 2.44. The van der Waals surface area contributed by atoms with E-state index in [1.165, 1.54) is 6.20 Å². The second-order valence-corrected chi connectivity index (χ2v) is 3.75. The number of carbonyl (C=O) groups is 1. The Kier molecular flexibility index (Phi) is 2.94. The molecule has 0 aliphatic carbocycles. The third kappa shape index (κ3) is 2.51. The van der Waals surface area contributed by atoms with Gasteiger partial charge in [-0.25, -0.2) is 0 Å². The standard InChI is InChI=1S/C9H6ClN3OS/c10-6-2-1-3-7(4-6)12-9(14)8-5-11-15-13-8/h1-5H,(H,12,14). The predicted molar refractivity (Wildman–Crippen MR) is 59.3 cm³/mol. The Morgan fingerprint density at radius 1 is 1.47 bits per heavy atom. The molecular weight excluding hydrogens is 234 g/mol. The van der Waals surface area contributed by atoms with E-state index in [1.807, 2.05) is 0 Å². The van der Waals surface area contributed by atoms with Crippen LogP contribution in [0.15, 0.2) is 30.5 Å². The highest BCUT2D eigenvalue weighted by molar-refractivity contribution is 6.99. The molecule has 1 aromatic heterocycles. The number of benzene rings is 1. The van der Waals surface area contributed by atoms with E-state index in [9.17, 15) is 4.79 Å². The highest BCUT2D eigenvalue weighted by atomic mass is 35.5. The Morgan fingerprint density at radius 2 is 2.33 bits per heavy atom. The van der Waals surface area contributed by atoms with Crippen LogP contribution in [0.5, 0.6) is 0 Å². The van der Waals surface area contributed by atoms with Gasteiger partial charge in [-0.05, 0) is 18.2 Å². The van der Waals surface area contributed by atoms with E-state index in [0.717, 1.165) is 11.7 Å². The first-order valence-corrected chi connectivity index (χ1v) is 5.21. The molecule has 1 amide bonds. The minimum absolute atomic E-state index is 0.286. The minimum atomic E-state index is -0.286. The van der Waals surface area contributed by atoms with E-state index in [0.29, 0.717) is 16.4 Å². The highest BCUT2D eigenvalue weighted by Crippen LogP contribution is 2.15. The van der Waals surface area contributed by atoms with Crippen molar-refractivity contribution in [1.82, 2.24) is 8.75 Å². The first-order chi connectivity index (χ1) is 7.25. The van der Waals surface area contributed by atoms with Crippen LogP contribution in [0.1, 0.15) is 10.5 Å². The SMILES string of the molecule is O=C(Nc1cccc(Cl)c1)c1cnsn1. The largest absolute Gasteiger partial charge is 0.321 e. The molecule has 4 nitrogen and oxygen atoms in total. The van der Waals surface area contributed by atoms with Gasteiger partial charge in [0.2, 0.25) is 0 Å². The number of aromatic nitrogens is 2. The van der Waals surface area contributed by atoms with Crippen molar-refractivity contribution >= 4 is 34.9 Å². The third-order valence-electron chi connectivity index (χ3n) is 1.68. The third-order valence-corrected chi connectivity index (χ3v) is 2.39. The van der Waals surface area contributed by atoms with Crippen molar-refractivity contribution in [3.05, 3.63) is 41.2 Å². The van der Waals surface area contributed by atoms with E-state index in [-0.39, 0.29) is 5.91 Å². The van der Waals surface area contributed by atoms with Gasteiger partial charge in [0.05, 0.1) is 17.9 Å². The van der Waals surface area contributed by atoms with Crippen LogP contribution in [0, 0.1) is 0 Å². The van der Waals surface area contributed by atoms with Crippen LogP contribution < -0.4 is 5.32 Å². The van der Waals surface area contributed by atoms with Crippen molar-refractivity contribution < 1.29 is 4.79 Å². The van der Waals surface area contributed by atoms with Crippen LogP contribution in [0.2, 0.25) is 5.02 Å². The lowest BCUT2D eigenvalue weighted by Gasteiger charge is -2.02. The van der Waals surface area contributed by atoms with Gasteiger partial charge in [-0.15, -0.1) is 0 Å². The fourth-order valence-corrected chi connectivity index (χ4v) is 1.63. The monoisotopic (exact) mass is 239 g/mol. The molecule has 2 aromatic rings. The topological polar surface area (TPSA) is 54.9 Å². The molecule has 1 aromatic carbocycles. The Labute approximate surface area is 95.2 Å². The number of halogens is 1. The average Bonchev–Trinajstić information content (AvgIpc) is 2.70. The zero-order valence-electron chi connectivity index (χ0n) is 7.48. The van der Waals surface area contributed by atoms with Gasteiger partial charge in [0.25, 0.3) is 5.91 Å². The number of carbonyl (C=O) groups excluding carboxylic acids is 1. The Morgan fingerprint density at radius 3 is 3.00 bits per heavy atom. The average molecular weight is 240 g/mol. The summed E-state index contributed by atoms with van der Waals surface area (Å²) in [4.78, 5) is 11.5. The van der Waals surface area contributed by atoms with E-state index < -0.39 is 0 Å². The van der Waals surface area contributed by atoms with Crippen LogP contribution in [-0.2, 0) is 0 Å². The zero-order valence-corrected chi connectivity index (χ0v) is 9.05.